The molecule has 1 saturated heterocycles. The maximum Gasteiger partial charge on any atom is 0.294 e. The molecule has 2 aliphatic heterocycles. The number of fused-ring (bicyclic) bond motifs is 1. The summed E-state index contributed by atoms with van der Waals surface area (Å²) in [5, 5.41) is 3.47. The predicted molar refractivity (Wildman–Crippen MR) is 102 cm³/mol. The van der Waals surface area contributed by atoms with Crippen LogP contribution in [0.4, 0.5) is 0 Å². The lowest BCUT2D eigenvalue weighted by Crippen LogP contribution is -2.37. The van der Waals surface area contributed by atoms with Gasteiger partial charge in [0.15, 0.2) is 6.23 Å². The van der Waals surface area contributed by atoms with Gasteiger partial charge in [0.05, 0.1) is 0 Å². The van der Waals surface area contributed by atoms with E-state index in [1.807, 2.05) is 30.3 Å². The minimum atomic E-state index is -0.275. The summed E-state index contributed by atoms with van der Waals surface area (Å²) in [5.74, 6) is 0.604. The zero-order chi connectivity index (χ0) is 17.8. The maximum absolute atomic E-state index is 11.0. The van der Waals surface area contributed by atoms with Gasteiger partial charge in [-0.25, -0.2) is 0 Å². The van der Waals surface area contributed by atoms with Crippen LogP contribution in [0.3, 0.4) is 0 Å². The summed E-state index contributed by atoms with van der Waals surface area (Å²) < 4.78 is 5.44. The van der Waals surface area contributed by atoms with Crippen molar-refractivity contribution in [2.75, 3.05) is 19.6 Å². The minimum Gasteiger partial charge on any atom is -0.444 e. The minimum absolute atomic E-state index is 0.275. The average molecular weight is 350 g/mol. The molecular weight excluding hydrogens is 324 g/mol. The zero-order valence-electron chi connectivity index (χ0n) is 15.1. The Kier molecular flexibility index (Phi) is 5.32. The molecule has 0 amide bonds. The molecule has 136 valence electrons. The topological polar surface area (TPSA) is 41.6 Å². The zero-order valence-corrected chi connectivity index (χ0v) is 15.1. The van der Waals surface area contributed by atoms with E-state index in [2.05, 4.69) is 28.4 Å². The molecule has 2 heterocycles. The third kappa shape index (κ3) is 3.53. The second-order valence-electron chi connectivity index (χ2n) is 7.22. The number of hydrogen-bond donors (Lipinski definition) is 1. The number of piperidine rings is 1. The lowest BCUT2D eigenvalue weighted by atomic mass is 9.83. The summed E-state index contributed by atoms with van der Waals surface area (Å²) in [6.45, 7) is 4.53. The standard InChI is InChI=1S/C22H26N2O2/c25-16-26-22(18-5-2-1-3-6-18)24-13-10-17(11-14-24)20-8-4-7-19-15-23-12-9-21(19)20/h1-8,16-17,22-23H,9-15H2. The second-order valence-corrected chi connectivity index (χ2v) is 7.22. The summed E-state index contributed by atoms with van der Waals surface area (Å²) >= 11 is 0. The number of benzene rings is 2. The van der Waals surface area contributed by atoms with Crippen molar-refractivity contribution < 1.29 is 9.53 Å². The van der Waals surface area contributed by atoms with Crippen LogP contribution in [0.5, 0.6) is 0 Å². The van der Waals surface area contributed by atoms with Crippen LogP contribution < -0.4 is 5.32 Å². The summed E-state index contributed by atoms with van der Waals surface area (Å²) in [5.41, 5.74) is 5.61. The first kappa shape index (κ1) is 17.3. The molecule has 1 fully saturated rings. The maximum atomic E-state index is 11.0. The monoisotopic (exact) mass is 350 g/mol. The number of likely N-dealkylation sites (tertiary alicyclic amines) is 1. The van der Waals surface area contributed by atoms with Crippen LogP contribution >= 0.6 is 0 Å². The highest BCUT2D eigenvalue weighted by Crippen LogP contribution is 2.35. The summed E-state index contributed by atoms with van der Waals surface area (Å²) in [4.78, 5) is 13.3. The Morgan fingerprint density at radius 1 is 1.08 bits per heavy atom. The van der Waals surface area contributed by atoms with Crippen molar-refractivity contribution in [3.05, 3.63) is 70.8 Å². The Morgan fingerprint density at radius 2 is 1.88 bits per heavy atom. The van der Waals surface area contributed by atoms with E-state index in [0.29, 0.717) is 12.4 Å². The van der Waals surface area contributed by atoms with Gasteiger partial charge < -0.3 is 10.1 Å². The highest BCUT2D eigenvalue weighted by molar-refractivity contribution is 5.40. The molecule has 0 saturated carbocycles. The lowest BCUT2D eigenvalue weighted by Gasteiger charge is -2.37. The van der Waals surface area contributed by atoms with Gasteiger partial charge in [0.25, 0.3) is 6.47 Å². The number of nitrogens with one attached hydrogen (secondary N) is 1. The molecule has 4 nitrogen and oxygen atoms in total. The summed E-state index contributed by atoms with van der Waals surface area (Å²) in [6, 6.07) is 16.8. The molecule has 2 aromatic carbocycles. The SMILES string of the molecule is O=COC(c1ccccc1)N1CCC(c2cccc3c2CCNC3)CC1. The molecule has 0 aromatic heterocycles. The molecule has 4 heteroatoms. The number of ether oxygens (including phenoxy) is 1. The van der Waals surface area contributed by atoms with E-state index in [4.69, 9.17) is 4.74 Å². The highest BCUT2D eigenvalue weighted by atomic mass is 16.5. The van der Waals surface area contributed by atoms with E-state index < -0.39 is 0 Å². The summed E-state index contributed by atoms with van der Waals surface area (Å²) in [7, 11) is 0. The van der Waals surface area contributed by atoms with E-state index in [0.717, 1.165) is 51.0 Å². The van der Waals surface area contributed by atoms with Gasteiger partial charge in [0.1, 0.15) is 0 Å². The Morgan fingerprint density at radius 3 is 2.65 bits per heavy atom. The molecule has 2 aromatic rings. The van der Waals surface area contributed by atoms with Crippen LogP contribution in [-0.4, -0.2) is 31.0 Å². The average Bonchev–Trinajstić information content (AvgIpc) is 2.72. The first-order valence-corrected chi connectivity index (χ1v) is 9.56. The van der Waals surface area contributed by atoms with Crippen LogP contribution in [0.25, 0.3) is 0 Å². The molecular formula is C22H26N2O2. The third-order valence-electron chi connectivity index (χ3n) is 5.75. The molecule has 1 unspecified atom stereocenters. The number of rotatable bonds is 5. The highest BCUT2D eigenvalue weighted by Gasteiger charge is 2.29. The Hall–Kier alpha value is -2.17. The van der Waals surface area contributed by atoms with Crippen LogP contribution in [0.2, 0.25) is 0 Å². The molecule has 0 radical (unpaired) electrons. The van der Waals surface area contributed by atoms with Crippen LogP contribution in [0, 0.1) is 0 Å². The molecule has 0 bridgehead atoms. The van der Waals surface area contributed by atoms with Crippen LogP contribution in [-0.2, 0) is 22.5 Å². The largest absolute Gasteiger partial charge is 0.444 e. The third-order valence-corrected chi connectivity index (χ3v) is 5.75. The van der Waals surface area contributed by atoms with Crippen LogP contribution in [0.15, 0.2) is 48.5 Å². The quantitative estimate of drug-likeness (QED) is 0.840. The van der Waals surface area contributed by atoms with E-state index in [9.17, 15) is 4.79 Å². The van der Waals surface area contributed by atoms with Crippen molar-refractivity contribution >= 4 is 6.47 Å². The van der Waals surface area contributed by atoms with E-state index in [1.54, 1.807) is 5.56 Å². The van der Waals surface area contributed by atoms with Gasteiger partial charge >= 0.3 is 0 Å². The molecule has 4 rings (SSSR count). The van der Waals surface area contributed by atoms with E-state index >= 15 is 0 Å². The van der Waals surface area contributed by atoms with Gasteiger partial charge in [-0.3, -0.25) is 9.69 Å². The van der Waals surface area contributed by atoms with Gasteiger partial charge in [-0.15, -0.1) is 0 Å². The van der Waals surface area contributed by atoms with E-state index in [1.165, 1.54) is 11.1 Å². The lowest BCUT2D eigenvalue weighted by molar-refractivity contribution is -0.145. The normalized spacial score (nSPS) is 19.5. The first-order valence-electron chi connectivity index (χ1n) is 9.56. The van der Waals surface area contributed by atoms with Crippen molar-refractivity contribution in [2.24, 2.45) is 0 Å². The Labute approximate surface area is 155 Å². The number of hydrogen-bond acceptors (Lipinski definition) is 4. The van der Waals surface area contributed by atoms with Gasteiger partial charge in [0.2, 0.25) is 0 Å². The second kappa shape index (κ2) is 8.02. The molecule has 2 aliphatic rings. The smallest absolute Gasteiger partial charge is 0.294 e. The molecule has 0 spiro atoms. The van der Waals surface area contributed by atoms with Crippen molar-refractivity contribution in [1.82, 2.24) is 10.2 Å². The van der Waals surface area contributed by atoms with Crippen molar-refractivity contribution in [1.29, 1.82) is 0 Å². The van der Waals surface area contributed by atoms with Gasteiger partial charge in [0, 0.05) is 25.2 Å². The van der Waals surface area contributed by atoms with Crippen molar-refractivity contribution in [3.8, 4) is 0 Å². The van der Waals surface area contributed by atoms with Crippen molar-refractivity contribution in [2.45, 2.75) is 38.0 Å². The Balaban J connectivity index is 1.48. The number of carbonyl (C=O) groups excluding carboxylic acids is 1. The molecule has 0 aliphatic carbocycles. The molecule has 26 heavy (non-hydrogen) atoms. The predicted octanol–water partition coefficient (Wildman–Crippen LogP) is 3.38. The number of carbonyl (C=O) groups is 1. The van der Waals surface area contributed by atoms with Gasteiger partial charge in [-0.2, -0.15) is 0 Å². The fourth-order valence-corrected chi connectivity index (χ4v) is 4.43. The molecule has 1 atom stereocenters. The van der Waals surface area contributed by atoms with Gasteiger partial charge in [-0.05, 0) is 48.4 Å². The van der Waals surface area contributed by atoms with Crippen molar-refractivity contribution in [3.63, 3.8) is 0 Å². The Bertz CT molecular complexity index is 739. The summed E-state index contributed by atoms with van der Waals surface area (Å²) in [6.07, 6.45) is 3.07. The first-order chi connectivity index (χ1) is 12.9. The molecule has 1 N–H and O–H groups in total. The van der Waals surface area contributed by atoms with E-state index in [-0.39, 0.29) is 6.23 Å². The van der Waals surface area contributed by atoms with Gasteiger partial charge in [-0.1, -0.05) is 48.5 Å². The fourth-order valence-electron chi connectivity index (χ4n) is 4.43. The van der Waals surface area contributed by atoms with Crippen LogP contribution in [0.1, 0.15) is 47.2 Å². The number of nitrogens with zero attached hydrogens (tertiary/aromatic N) is 1. The fraction of sp³-hybridized carbons (Fsp3) is 0.409.